The van der Waals surface area contributed by atoms with E-state index in [4.69, 9.17) is 15.8 Å². The monoisotopic (exact) mass is 513 g/mol. The first-order chi connectivity index (χ1) is 19.0. The van der Waals surface area contributed by atoms with Gasteiger partial charge in [0.15, 0.2) is 6.17 Å². The Hall–Kier alpha value is -4.98. The molecule has 0 amide bonds. The second-order valence-electron chi connectivity index (χ2n) is 10.2. The predicted octanol–water partition coefficient (Wildman–Crippen LogP) is 4.65. The van der Waals surface area contributed by atoms with E-state index in [2.05, 4.69) is 34.2 Å². The van der Waals surface area contributed by atoms with E-state index < -0.39 is 0 Å². The van der Waals surface area contributed by atoms with Crippen molar-refractivity contribution in [1.82, 2.24) is 14.6 Å². The maximum atomic E-state index is 14.1. The SMILES string of the molecule is Cc1ccccc1-n1c(CN2N=C(c3ccc4cc[nH]c4c3)C3C(N)=NC=NC32)cc2cccc(C)c2c1=O. The van der Waals surface area contributed by atoms with Gasteiger partial charge < -0.3 is 10.7 Å². The molecule has 0 saturated heterocycles. The number of nitrogens with two attached hydrogens (primary N) is 1. The lowest BCUT2D eigenvalue weighted by molar-refractivity contribution is 0.210. The molecule has 0 saturated carbocycles. The van der Waals surface area contributed by atoms with Gasteiger partial charge in [-0.15, -0.1) is 0 Å². The number of amidine groups is 1. The maximum Gasteiger partial charge on any atom is 0.263 e. The van der Waals surface area contributed by atoms with E-state index in [-0.39, 0.29) is 17.6 Å². The van der Waals surface area contributed by atoms with Crippen LogP contribution >= 0.6 is 0 Å². The van der Waals surface area contributed by atoms with E-state index in [1.54, 1.807) is 0 Å². The molecule has 5 aromatic rings. The first-order valence-corrected chi connectivity index (χ1v) is 13.0. The average Bonchev–Trinajstić information content (AvgIpc) is 3.55. The molecule has 4 heterocycles. The number of nitrogens with one attached hydrogen (secondary N) is 1. The van der Waals surface area contributed by atoms with Crippen LogP contribution in [0.5, 0.6) is 0 Å². The quantitative estimate of drug-likeness (QED) is 0.366. The summed E-state index contributed by atoms with van der Waals surface area (Å²) in [5, 5.41) is 9.76. The Labute approximate surface area is 224 Å². The first kappa shape index (κ1) is 23.2. The Bertz CT molecular complexity index is 1930. The van der Waals surface area contributed by atoms with E-state index in [0.717, 1.165) is 55.5 Å². The summed E-state index contributed by atoms with van der Waals surface area (Å²) in [6, 6.07) is 24.3. The number of aromatic nitrogens is 2. The number of nitrogens with zero attached hydrogens (tertiary/aromatic N) is 5. The molecule has 2 unspecified atom stereocenters. The number of hydrazone groups is 1. The minimum absolute atomic E-state index is 0.0414. The van der Waals surface area contributed by atoms with Crippen LogP contribution in [0.25, 0.3) is 27.4 Å². The topological polar surface area (TPSA) is 104 Å². The summed E-state index contributed by atoms with van der Waals surface area (Å²) < 4.78 is 1.82. The van der Waals surface area contributed by atoms with Crippen molar-refractivity contribution in [2.75, 3.05) is 0 Å². The molecule has 7 rings (SSSR count). The molecule has 0 aliphatic carbocycles. The minimum Gasteiger partial charge on any atom is -0.386 e. The van der Waals surface area contributed by atoms with Gasteiger partial charge in [0.2, 0.25) is 0 Å². The van der Waals surface area contributed by atoms with Crippen LogP contribution in [0, 0.1) is 19.8 Å². The van der Waals surface area contributed by atoms with Crippen molar-refractivity contribution in [2.45, 2.75) is 26.6 Å². The molecule has 2 aromatic heterocycles. The molecule has 0 bridgehead atoms. The zero-order chi connectivity index (χ0) is 26.7. The van der Waals surface area contributed by atoms with Crippen LogP contribution in [-0.2, 0) is 6.54 Å². The van der Waals surface area contributed by atoms with Crippen LogP contribution in [-0.4, -0.2) is 38.6 Å². The summed E-state index contributed by atoms with van der Waals surface area (Å²) in [6.07, 6.45) is 3.08. The fourth-order valence-corrected chi connectivity index (χ4v) is 5.80. The average molecular weight is 514 g/mol. The lowest BCUT2D eigenvalue weighted by Crippen LogP contribution is -2.42. The summed E-state index contributed by atoms with van der Waals surface area (Å²) in [5.41, 5.74) is 12.9. The highest BCUT2D eigenvalue weighted by Gasteiger charge is 2.42. The van der Waals surface area contributed by atoms with E-state index in [1.807, 2.05) is 78.2 Å². The largest absolute Gasteiger partial charge is 0.386 e. The van der Waals surface area contributed by atoms with E-state index in [9.17, 15) is 4.79 Å². The smallest absolute Gasteiger partial charge is 0.263 e. The molecular formula is C31H27N7O. The number of hydrogen-bond acceptors (Lipinski definition) is 6. The normalized spacial score (nSPS) is 18.5. The third-order valence-corrected chi connectivity index (χ3v) is 7.74. The molecule has 3 aromatic carbocycles. The van der Waals surface area contributed by atoms with Crippen molar-refractivity contribution < 1.29 is 0 Å². The number of H-pyrrole nitrogens is 1. The Kier molecular flexibility index (Phi) is 5.23. The van der Waals surface area contributed by atoms with Gasteiger partial charge in [-0.25, -0.2) is 9.98 Å². The van der Waals surface area contributed by atoms with Gasteiger partial charge in [-0.2, -0.15) is 5.10 Å². The third kappa shape index (κ3) is 3.67. The second kappa shape index (κ2) is 8.80. The van der Waals surface area contributed by atoms with Crippen LogP contribution in [0.3, 0.4) is 0 Å². The van der Waals surface area contributed by atoms with Gasteiger partial charge in [-0.05, 0) is 60.0 Å². The minimum atomic E-state index is -0.356. The van der Waals surface area contributed by atoms with Crippen LogP contribution < -0.4 is 11.3 Å². The van der Waals surface area contributed by atoms with Gasteiger partial charge in [0.05, 0.1) is 23.3 Å². The van der Waals surface area contributed by atoms with Crippen molar-refractivity contribution in [3.63, 3.8) is 0 Å². The highest BCUT2D eigenvalue weighted by Crippen LogP contribution is 2.32. The maximum absolute atomic E-state index is 14.1. The molecule has 0 fully saturated rings. The summed E-state index contributed by atoms with van der Waals surface area (Å²) in [7, 11) is 0. The lowest BCUT2D eigenvalue weighted by Gasteiger charge is -2.27. The standard InChI is InChI=1S/C31H27N7O/c1-18-6-3-4-9-25(18)38-23(14-21-8-5-7-19(2)26(21)31(38)39)16-37-30-27(29(32)34-17-35-30)28(36-37)22-11-10-20-12-13-33-24(20)15-22/h3-15,17,27,30,33H,16H2,1-2H3,(H2,32,34,35). The third-order valence-electron chi connectivity index (χ3n) is 7.74. The van der Waals surface area contributed by atoms with Crippen LogP contribution in [0.1, 0.15) is 22.4 Å². The molecule has 3 N–H and O–H groups in total. The molecule has 8 heteroatoms. The van der Waals surface area contributed by atoms with Crippen molar-refractivity contribution >= 4 is 39.6 Å². The van der Waals surface area contributed by atoms with Crippen LogP contribution in [0.4, 0.5) is 0 Å². The molecule has 2 aliphatic heterocycles. The Balaban J connectivity index is 1.40. The van der Waals surface area contributed by atoms with Crippen LogP contribution in [0.15, 0.2) is 98.9 Å². The van der Waals surface area contributed by atoms with Crippen molar-refractivity contribution in [1.29, 1.82) is 0 Å². The van der Waals surface area contributed by atoms with Crippen molar-refractivity contribution in [2.24, 2.45) is 26.7 Å². The molecule has 0 spiro atoms. The van der Waals surface area contributed by atoms with Gasteiger partial charge in [-0.1, -0.05) is 48.5 Å². The molecule has 0 radical (unpaired) electrons. The fourth-order valence-electron chi connectivity index (χ4n) is 5.80. The molecule has 192 valence electrons. The predicted molar refractivity (Wildman–Crippen MR) is 157 cm³/mol. The second-order valence-corrected chi connectivity index (χ2v) is 10.2. The van der Waals surface area contributed by atoms with Crippen molar-refractivity contribution in [3.8, 4) is 5.69 Å². The number of aryl methyl sites for hydroxylation is 2. The number of pyridine rings is 1. The summed E-state index contributed by atoms with van der Waals surface area (Å²) in [5.74, 6) is 0.192. The van der Waals surface area contributed by atoms with Gasteiger partial charge in [0.1, 0.15) is 18.1 Å². The highest BCUT2D eigenvalue weighted by molar-refractivity contribution is 6.17. The molecule has 2 atom stereocenters. The fraction of sp³-hybridized carbons (Fsp3) is 0.161. The number of fused-ring (bicyclic) bond motifs is 3. The molecule has 2 aliphatic rings. The van der Waals surface area contributed by atoms with Gasteiger partial charge >= 0.3 is 0 Å². The number of benzene rings is 3. The summed E-state index contributed by atoms with van der Waals surface area (Å²) >= 11 is 0. The molecule has 39 heavy (non-hydrogen) atoms. The van der Waals surface area contributed by atoms with E-state index in [1.165, 1.54) is 6.34 Å². The Morgan fingerprint density at radius 2 is 1.79 bits per heavy atom. The number of aromatic amines is 1. The Morgan fingerprint density at radius 1 is 0.949 bits per heavy atom. The molecule has 8 nitrogen and oxygen atoms in total. The lowest BCUT2D eigenvalue weighted by atomic mass is 9.93. The highest BCUT2D eigenvalue weighted by atomic mass is 16.1. The zero-order valence-corrected chi connectivity index (χ0v) is 21.7. The van der Waals surface area contributed by atoms with E-state index in [0.29, 0.717) is 12.4 Å². The molecular weight excluding hydrogens is 486 g/mol. The summed E-state index contributed by atoms with van der Waals surface area (Å²) in [6.45, 7) is 4.37. The number of aliphatic imine (C=N–C) groups is 2. The van der Waals surface area contributed by atoms with Gasteiger partial charge in [-0.3, -0.25) is 14.4 Å². The zero-order valence-electron chi connectivity index (χ0n) is 21.7. The number of hydrogen-bond donors (Lipinski definition) is 2. The first-order valence-electron chi connectivity index (χ1n) is 13.0. The van der Waals surface area contributed by atoms with E-state index >= 15 is 0 Å². The summed E-state index contributed by atoms with van der Waals surface area (Å²) in [4.78, 5) is 26.3. The van der Waals surface area contributed by atoms with Crippen LogP contribution in [0.2, 0.25) is 0 Å². The van der Waals surface area contributed by atoms with Gasteiger partial charge in [0, 0.05) is 23.0 Å². The number of rotatable bonds is 4. The number of para-hydroxylation sites is 1. The van der Waals surface area contributed by atoms with Crippen molar-refractivity contribution in [3.05, 3.63) is 112 Å². The van der Waals surface area contributed by atoms with Gasteiger partial charge in [0.25, 0.3) is 5.56 Å². The Morgan fingerprint density at radius 3 is 2.67 bits per heavy atom.